The third-order valence-corrected chi connectivity index (χ3v) is 6.11. The fraction of sp³-hybridized carbons (Fsp3) is 0.346. The third-order valence-electron chi connectivity index (χ3n) is 6.11. The molecule has 3 aromatic rings. The lowest BCUT2D eigenvalue weighted by molar-refractivity contribution is 0.0247. The Labute approximate surface area is 211 Å². The molecule has 37 heavy (non-hydrogen) atoms. The lowest BCUT2D eigenvalue weighted by atomic mass is 9.98. The average Bonchev–Trinajstić information content (AvgIpc) is 3.56. The molecular weight excluding hydrogens is 481 g/mol. The van der Waals surface area contributed by atoms with Crippen molar-refractivity contribution in [1.29, 1.82) is 5.26 Å². The van der Waals surface area contributed by atoms with Crippen LogP contribution in [-0.2, 0) is 16.0 Å². The molecular formula is C26H24FN5O5. The largest absolute Gasteiger partial charge is 0.443 e. The Morgan fingerprint density at radius 1 is 1.24 bits per heavy atom. The monoisotopic (exact) mass is 505 g/mol. The van der Waals surface area contributed by atoms with Crippen molar-refractivity contribution in [2.45, 2.75) is 45.1 Å². The van der Waals surface area contributed by atoms with E-state index in [9.17, 15) is 24.3 Å². The summed E-state index contributed by atoms with van der Waals surface area (Å²) in [5.74, 6) is -1.27. The van der Waals surface area contributed by atoms with Crippen LogP contribution in [0.15, 0.2) is 36.5 Å². The van der Waals surface area contributed by atoms with Crippen LogP contribution in [0.25, 0.3) is 22.5 Å². The SMILES string of the molecule is CC(C)(C)OC(=O)N1Cc2nc(-c3c(F)cccc3C#N)cc(-c3ccn([C@@H]4COC[C@@H]4O)n3)c2C1=O. The van der Waals surface area contributed by atoms with Crippen LogP contribution in [0.1, 0.15) is 48.4 Å². The van der Waals surface area contributed by atoms with Crippen LogP contribution in [-0.4, -0.2) is 61.7 Å². The molecule has 1 saturated heterocycles. The van der Waals surface area contributed by atoms with Crippen molar-refractivity contribution in [2.24, 2.45) is 0 Å². The van der Waals surface area contributed by atoms with Crippen LogP contribution in [0.2, 0.25) is 0 Å². The molecule has 2 atom stereocenters. The van der Waals surface area contributed by atoms with E-state index in [-0.39, 0.29) is 47.8 Å². The van der Waals surface area contributed by atoms with Crippen molar-refractivity contribution in [2.75, 3.05) is 13.2 Å². The second-order valence-electron chi connectivity index (χ2n) is 9.88. The van der Waals surface area contributed by atoms with Gasteiger partial charge in [-0.25, -0.2) is 19.1 Å². The fourth-order valence-corrected chi connectivity index (χ4v) is 4.43. The minimum Gasteiger partial charge on any atom is -0.443 e. The smallest absolute Gasteiger partial charge is 0.417 e. The number of benzene rings is 1. The number of halogens is 1. The predicted molar refractivity (Wildman–Crippen MR) is 128 cm³/mol. The van der Waals surface area contributed by atoms with Crippen LogP contribution in [0.3, 0.4) is 0 Å². The lowest BCUT2D eigenvalue weighted by Gasteiger charge is -2.23. The number of carbonyl (C=O) groups is 2. The van der Waals surface area contributed by atoms with Crippen molar-refractivity contribution in [1.82, 2.24) is 19.7 Å². The zero-order valence-corrected chi connectivity index (χ0v) is 20.4. The molecule has 0 spiro atoms. The highest BCUT2D eigenvalue weighted by molar-refractivity contribution is 6.10. The molecule has 11 heteroatoms. The standard InChI is InChI=1S/C26H24FN5O5/c1-26(2,3)37-25(35)31-11-19-23(24(31)34)15(17-7-8-32(30-17)20-12-36-13-21(20)33)9-18(29-19)22-14(10-28)5-4-6-16(22)27/h4-9,20-21,33H,11-13H2,1-3H3/t20-,21+/m1/s1. The second-order valence-corrected chi connectivity index (χ2v) is 9.88. The molecule has 4 heterocycles. The molecule has 1 N–H and O–H groups in total. The topological polar surface area (TPSA) is 131 Å². The fourth-order valence-electron chi connectivity index (χ4n) is 4.43. The number of nitrogens with zero attached hydrogens (tertiary/aromatic N) is 5. The summed E-state index contributed by atoms with van der Waals surface area (Å²) in [7, 11) is 0. The van der Waals surface area contributed by atoms with E-state index in [1.807, 2.05) is 6.07 Å². The summed E-state index contributed by atoms with van der Waals surface area (Å²) < 4.78 is 27.2. The molecule has 0 unspecified atom stereocenters. The quantitative estimate of drug-likeness (QED) is 0.573. The summed E-state index contributed by atoms with van der Waals surface area (Å²) in [6.45, 7) is 5.34. The van der Waals surface area contributed by atoms with Crippen LogP contribution in [0.5, 0.6) is 0 Å². The van der Waals surface area contributed by atoms with Gasteiger partial charge in [0.1, 0.15) is 23.6 Å². The number of aliphatic hydroxyl groups is 1. The van der Waals surface area contributed by atoms with Crippen LogP contribution in [0, 0.1) is 17.1 Å². The lowest BCUT2D eigenvalue weighted by Crippen LogP contribution is -2.37. The zero-order chi connectivity index (χ0) is 26.5. The van der Waals surface area contributed by atoms with E-state index in [0.717, 1.165) is 4.90 Å². The first-order chi connectivity index (χ1) is 17.6. The molecule has 10 nitrogen and oxygen atoms in total. The number of aromatic nitrogens is 3. The maximum absolute atomic E-state index is 14.9. The minimum absolute atomic E-state index is 0.0173. The number of hydrogen-bond donors (Lipinski definition) is 1. The van der Waals surface area contributed by atoms with E-state index >= 15 is 0 Å². The number of pyridine rings is 1. The Morgan fingerprint density at radius 3 is 2.70 bits per heavy atom. The molecule has 2 aliphatic heterocycles. The normalized spacial score (nSPS) is 19.1. The summed E-state index contributed by atoms with van der Waals surface area (Å²) in [4.78, 5) is 31.7. The van der Waals surface area contributed by atoms with E-state index < -0.39 is 35.6 Å². The van der Waals surface area contributed by atoms with E-state index in [0.29, 0.717) is 11.3 Å². The number of amides is 2. The molecule has 0 aliphatic carbocycles. The molecule has 0 bridgehead atoms. The maximum atomic E-state index is 14.9. The highest BCUT2D eigenvalue weighted by atomic mass is 19.1. The Bertz CT molecular complexity index is 1450. The van der Waals surface area contributed by atoms with Gasteiger partial charge in [0.2, 0.25) is 0 Å². The number of fused-ring (bicyclic) bond motifs is 1. The van der Waals surface area contributed by atoms with Gasteiger partial charge in [-0.15, -0.1) is 0 Å². The van der Waals surface area contributed by atoms with Gasteiger partial charge < -0.3 is 14.6 Å². The Balaban J connectivity index is 1.65. The highest BCUT2D eigenvalue weighted by Gasteiger charge is 2.39. The second kappa shape index (κ2) is 9.06. The number of rotatable bonds is 3. The van der Waals surface area contributed by atoms with Crippen molar-refractivity contribution in [3.8, 4) is 28.6 Å². The molecule has 1 fully saturated rings. The van der Waals surface area contributed by atoms with Gasteiger partial charge in [-0.05, 0) is 45.0 Å². The van der Waals surface area contributed by atoms with Gasteiger partial charge in [-0.2, -0.15) is 10.4 Å². The Morgan fingerprint density at radius 2 is 2.03 bits per heavy atom. The molecule has 2 aromatic heterocycles. The average molecular weight is 506 g/mol. The molecule has 1 aromatic carbocycles. The third kappa shape index (κ3) is 4.45. The number of carbonyl (C=O) groups excluding carboxylic acids is 2. The number of nitriles is 1. The van der Waals surface area contributed by atoms with Gasteiger partial charge in [-0.1, -0.05) is 6.07 Å². The molecule has 5 rings (SSSR count). The Kier molecular flexibility index (Phi) is 6.01. The van der Waals surface area contributed by atoms with Crippen LogP contribution >= 0.6 is 0 Å². The number of ether oxygens (including phenoxy) is 2. The summed E-state index contributed by atoms with van der Waals surface area (Å²) in [6, 6.07) is 8.83. The summed E-state index contributed by atoms with van der Waals surface area (Å²) in [5.41, 5.74) is 0.391. The van der Waals surface area contributed by atoms with E-state index in [1.165, 1.54) is 24.3 Å². The van der Waals surface area contributed by atoms with Crippen molar-refractivity contribution in [3.63, 3.8) is 0 Å². The molecule has 0 radical (unpaired) electrons. The highest BCUT2D eigenvalue weighted by Crippen LogP contribution is 2.37. The minimum atomic E-state index is -0.830. The Hall–Kier alpha value is -4.14. The van der Waals surface area contributed by atoms with Gasteiger partial charge in [0.25, 0.3) is 5.91 Å². The first kappa shape index (κ1) is 24.5. The maximum Gasteiger partial charge on any atom is 0.417 e. The first-order valence-electron chi connectivity index (χ1n) is 11.7. The summed E-state index contributed by atoms with van der Waals surface area (Å²) in [6.07, 6.45) is 0.0786. The van der Waals surface area contributed by atoms with E-state index in [1.54, 1.807) is 37.7 Å². The van der Waals surface area contributed by atoms with Gasteiger partial charge in [-0.3, -0.25) is 9.48 Å². The van der Waals surface area contributed by atoms with Gasteiger partial charge in [0.05, 0.1) is 59.6 Å². The van der Waals surface area contributed by atoms with E-state index in [4.69, 9.17) is 9.47 Å². The molecule has 190 valence electrons. The van der Waals surface area contributed by atoms with Crippen LogP contribution in [0.4, 0.5) is 9.18 Å². The first-order valence-corrected chi connectivity index (χ1v) is 11.7. The van der Waals surface area contributed by atoms with E-state index in [2.05, 4.69) is 10.1 Å². The summed E-state index contributed by atoms with van der Waals surface area (Å²) >= 11 is 0. The van der Waals surface area contributed by atoms with Crippen molar-refractivity contribution in [3.05, 3.63) is 59.2 Å². The van der Waals surface area contributed by atoms with Crippen LogP contribution < -0.4 is 0 Å². The number of hydrogen-bond acceptors (Lipinski definition) is 8. The summed E-state index contributed by atoms with van der Waals surface area (Å²) in [5, 5.41) is 24.3. The zero-order valence-electron chi connectivity index (χ0n) is 20.4. The number of aliphatic hydroxyl groups excluding tert-OH is 1. The molecule has 2 amide bonds. The number of imide groups is 1. The van der Waals surface area contributed by atoms with Crippen molar-refractivity contribution < 1.29 is 28.6 Å². The predicted octanol–water partition coefficient (Wildman–Crippen LogP) is 3.45. The molecule has 0 saturated carbocycles. The van der Waals surface area contributed by atoms with Gasteiger partial charge in [0.15, 0.2) is 0 Å². The van der Waals surface area contributed by atoms with Crippen molar-refractivity contribution >= 4 is 12.0 Å². The van der Waals surface area contributed by atoms with Gasteiger partial charge in [0, 0.05) is 11.8 Å². The molecule has 2 aliphatic rings. The van der Waals surface area contributed by atoms with Gasteiger partial charge >= 0.3 is 6.09 Å².